The number of carbonyl (C=O) groups excluding carboxylic acids is 1. The van der Waals surface area contributed by atoms with Gasteiger partial charge in [-0.1, -0.05) is 0 Å². The number of aromatic nitrogens is 2. The number of hydrogen-bond acceptors (Lipinski definition) is 6. The van der Waals surface area contributed by atoms with Crippen LogP contribution in [0.3, 0.4) is 0 Å². The Morgan fingerprint density at radius 3 is 2.88 bits per heavy atom. The van der Waals surface area contributed by atoms with Crippen LogP contribution in [-0.4, -0.2) is 48.7 Å². The van der Waals surface area contributed by atoms with Gasteiger partial charge in [0.15, 0.2) is 0 Å². The first-order valence-corrected chi connectivity index (χ1v) is 8.95. The van der Waals surface area contributed by atoms with E-state index >= 15 is 0 Å². The molecule has 1 aliphatic rings. The van der Waals surface area contributed by atoms with Gasteiger partial charge in [-0.25, -0.2) is 4.98 Å². The molecule has 24 heavy (non-hydrogen) atoms. The standard InChI is InChI=1S/C17H22N4O2S/c1-12-16(24-13(2)20-12)4-6-19-17(22)15-11-14(3-5-18-15)21-7-9-23-10-8-21/h3,5,11H,4,6-10H2,1-2H3,(H,19,22). The summed E-state index contributed by atoms with van der Waals surface area (Å²) in [7, 11) is 0. The summed E-state index contributed by atoms with van der Waals surface area (Å²) in [5.74, 6) is -0.135. The van der Waals surface area contributed by atoms with Crippen LogP contribution in [0, 0.1) is 13.8 Å². The Hall–Kier alpha value is -1.99. The number of nitrogens with zero attached hydrogens (tertiary/aromatic N) is 3. The first-order valence-electron chi connectivity index (χ1n) is 8.13. The highest BCUT2D eigenvalue weighted by atomic mass is 32.1. The molecule has 0 bridgehead atoms. The van der Waals surface area contributed by atoms with Crippen molar-refractivity contribution < 1.29 is 9.53 Å². The van der Waals surface area contributed by atoms with Crippen LogP contribution in [0.15, 0.2) is 18.3 Å². The topological polar surface area (TPSA) is 67.4 Å². The predicted molar refractivity (Wildman–Crippen MR) is 94.9 cm³/mol. The molecular formula is C17H22N4O2S. The minimum Gasteiger partial charge on any atom is -0.378 e. The van der Waals surface area contributed by atoms with E-state index in [-0.39, 0.29) is 5.91 Å². The zero-order valence-electron chi connectivity index (χ0n) is 14.0. The van der Waals surface area contributed by atoms with Crippen LogP contribution < -0.4 is 10.2 Å². The Morgan fingerprint density at radius 1 is 1.38 bits per heavy atom. The first kappa shape index (κ1) is 16.9. The fourth-order valence-corrected chi connectivity index (χ4v) is 3.68. The highest BCUT2D eigenvalue weighted by molar-refractivity contribution is 7.11. The number of thiazole rings is 1. The Morgan fingerprint density at radius 2 is 2.17 bits per heavy atom. The molecule has 128 valence electrons. The van der Waals surface area contributed by atoms with Gasteiger partial charge in [0.05, 0.1) is 23.9 Å². The second kappa shape index (κ2) is 7.72. The number of aryl methyl sites for hydroxylation is 2. The molecule has 1 fully saturated rings. The van der Waals surface area contributed by atoms with Crippen LogP contribution in [0.5, 0.6) is 0 Å². The molecule has 3 heterocycles. The van der Waals surface area contributed by atoms with Gasteiger partial charge in [-0.15, -0.1) is 11.3 Å². The lowest BCUT2D eigenvalue weighted by Gasteiger charge is -2.28. The monoisotopic (exact) mass is 346 g/mol. The Bertz CT molecular complexity index is 710. The van der Waals surface area contributed by atoms with Gasteiger partial charge < -0.3 is 15.0 Å². The van der Waals surface area contributed by atoms with Crippen molar-refractivity contribution in [3.63, 3.8) is 0 Å². The third-order valence-corrected chi connectivity index (χ3v) is 5.12. The summed E-state index contributed by atoms with van der Waals surface area (Å²) in [4.78, 5) is 24.4. The van der Waals surface area contributed by atoms with E-state index in [0.29, 0.717) is 12.2 Å². The van der Waals surface area contributed by atoms with E-state index in [1.165, 1.54) is 4.88 Å². The lowest BCUT2D eigenvalue weighted by molar-refractivity contribution is 0.0949. The lowest BCUT2D eigenvalue weighted by Crippen LogP contribution is -2.36. The summed E-state index contributed by atoms with van der Waals surface area (Å²) in [6.45, 7) is 7.72. The van der Waals surface area contributed by atoms with Gasteiger partial charge in [0.25, 0.3) is 5.91 Å². The van der Waals surface area contributed by atoms with Crippen molar-refractivity contribution in [2.24, 2.45) is 0 Å². The number of amides is 1. The normalized spacial score (nSPS) is 14.7. The molecule has 1 amide bonds. The van der Waals surface area contributed by atoms with Gasteiger partial charge in [-0.05, 0) is 26.0 Å². The maximum Gasteiger partial charge on any atom is 0.269 e. The van der Waals surface area contributed by atoms with Crippen molar-refractivity contribution in [1.82, 2.24) is 15.3 Å². The number of pyridine rings is 1. The highest BCUT2D eigenvalue weighted by Gasteiger charge is 2.14. The number of carbonyl (C=O) groups is 1. The number of rotatable bonds is 5. The van der Waals surface area contributed by atoms with Crippen molar-refractivity contribution in [2.75, 3.05) is 37.7 Å². The van der Waals surface area contributed by atoms with Crippen molar-refractivity contribution in [3.8, 4) is 0 Å². The molecule has 0 unspecified atom stereocenters. The molecule has 6 nitrogen and oxygen atoms in total. The zero-order chi connectivity index (χ0) is 16.9. The van der Waals surface area contributed by atoms with E-state index in [2.05, 4.69) is 20.2 Å². The molecule has 0 aliphatic carbocycles. The van der Waals surface area contributed by atoms with Crippen molar-refractivity contribution >= 4 is 22.9 Å². The van der Waals surface area contributed by atoms with Gasteiger partial charge in [0, 0.05) is 42.8 Å². The van der Waals surface area contributed by atoms with Crippen LogP contribution in [0.2, 0.25) is 0 Å². The zero-order valence-corrected chi connectivity index (χ0v) is 14.9. The maximum absolute atomic E-state index is 12.3. The summed E-state index contributed by atoms with van der Waals surface area (Å²) in [5, 5.41) is 4.01. The smallest absolute Gasteiger partial charge is 0.269 e. The molecule has 2 aromatic rings. The van der Waals surface area contributed by atoms with Crippen LogP contribution in [0.25, 0.3) is 0 Å². The van der Waals surface area contributed by atoms with E-state index in [1.807, 2.05) is 26.0 Å². The van der Waals surface area contributed by atoms with Crippen molar-refractivity contribution in [1.29, 1.82) is 0 Å². The van der Waals surface area contributed by atoms with Gasteiger partial charge >= 0.3 is 0 Å². The third-order valence-electron chi connectivity index (χ3n) is 3.99. The average molecular weight is 346 g/mol. The minimum atomic E-state index is -0.135. The molecule has 0 aromatic carbocycles. The molecule has 0 spiro atoms. The quantitative estimate of drug-likeness (QED) is 0.896. The maximum atomic E-state index is 12.3. The molecule has 0 saturated carbocycles. The minimum absolute atomic E-state index is 0.135. The molecule has 1 aliphatic heterocycles. The van der Waals surface area contributed by atoms with Crippen LogP contribution >= 0.6 is 11.3 Å². The number of morpholine rings is 1. The van der Waals surface area contributed by atoms with E-state index in [4.69, 9.17) is 4.74 Å². The van der Waals surface area contributed by atoms with Gasteiger partial charge in [-0.3, -0.25) is 9.78 Å². The average Bonchev–Trinajstić information content (AvgIpc) is 2.93. The number of nitrogens with one attached hydrogen (secondary N) is 1. The van der Waals surface area contributed by atoms with E-state index in [0.717, 1.165) is 49.1 Å². The molecule has 0 radical (unpaired) electrons. The van der Waals surface area contributed by atoms with Gasteiger partial charge in [-0.2, -0.15) is 0 Å². The van der Waals surface area contributed by atoms with Crippen LogP contribution in [0.1, 0.15) is 26.1 Å². The Labute approximate surface area is 145 Å². The molecule has 1 saturated heterocycles. The second-order valence-corrected chi connectivity index (χ2v) is 7.03. The highest BCUT2D eigenvalue weighted by Crippen LogP contribution is 2.18. The lowest BCUT2D eigenvalue weighted by atomic mass is 10.2. The fraction of sp³-hybridized carbons (Fsp3) is 0.471. The summed E-state index contributed by atoms with van der Waals surface area (Å²) < 4.78 is 5.36. The van der Waals surface area contributed by atoms with Gasteiger partial charge in [0.2, 0.25) is 0 Å². The molecular weight excluding hydrogens is 324 g/mol. The molecule has 0 atom stereocenters. The first-order chi connectivity index (χ1) is 11.6. The van der Waals surface area contributed by atoms with Crippen LogP contribution in [-0.2, 0) is 11.2 Å². The summed E-state index contributed by atoms with van der Waals surface area (Å²) in [6, 6.07) is 3.79. The number of anilines is 1. The number of hydrogen-bond donors (Lipinski definition) is 1. The van der Waals surface area contributed by atoms with E-state index in [9.17, 15) is 4.79 Å². The van der Waals surface area contributed by atoms with E-state index in [1.54, 1.807) is 17.5 Å². The SMILES string of the molecule is Cc1nc(C)c(CCNC(=O)c2cc(N3CCOCC3)ccn2)s1. The Kier molecular flexibility index (Phi) is 5.42. The summed E-state index contributed by atoms with van der Waals surface area (Å²) in [5.41, 5.74) is 2.53. The third kappa shape index (κ3) is 4.10. The Balaban J connectivity index is 1.57. The molecule has 7 heteroatoms. The largest absolute Gasteiger partial charge is 0.378 e. The predicted octanol–water partition coefficient (Wildman–Crippen LogP) is 1.96. The summed E-state index contributed by atoms with van der Waals surface area (Å²) >= 11 is 1.69. The van der Waals surface area contributed by atoms with E-state index < -0.39 is 0 Å². The van der Waals surface area contributed by atoms with Crippen LogP contribution in [0.4, 0.5) is 5.69 Å². The molecule has 3 rings (SSSR count). The second-order valence-electron chi connectivity index (χ2n) is 5.75. The summed E-state index contributed by atoms with van der Waals surface area (Å²) in [6.07, 6.45) is 2.49. The fourth-order valence-electron chi connectivity index (χ4n) is 2.75. The van der Waals surface area contributed by atoms with Crippen molar-refractivity contribution in [2.45, 2.75) is 20.3 Å². The number of ether oxygens (including phenoxy) is 1. The van der Waals surface area contributed by atoms with Gasteiger partial charge in [0.1, 0.15) is 5.69 Å². The van der Waals surface area contributed by atoms with Crippen molar-refractivity contribution in [3.05, 3.63) is 39.6 Å². The molecule has 2 aromatic heterocycles. The molecule has 1 N–H and O–H groups in total.